The third-order valence-corrected chi connectivity index (χ3v) is 2.70. The predicted molar refractivity (Wildman–Crippen MR) is 57.8 cm³/mol. The first-order chi connectivity index (χ1) is 5.10. The minimum absolute atomic E-state index is 0.758. The molecule has 0 rings (SSSR count). The summed E-state index contributed by atoms with van der Waals surface area (Å²) in [6.07, 6.45) is 0.758. The SMILES string of the molecule is C[C](O[Si](C)(C)C)O[Si](C)(C)C. The lowest BCUT2D eigenvalue weighted by Crippen LogP contribution is -2.34. The molecule has 0 saturated carbocycles. The van der Waals surface area contributed by atoms with Crippen LogP contribution in [0.15, 0.2) is 0 Å². The van der Waals surface area contributed by atoms with E-state index >= 15 is 0 Å². The van der Waals surface area contributed by atoms with Crippen molar-refractivity contribution < 1.29 is 8.85 Å². The van der Waals surface area contributed by atoms with Crippen molar-refractivity contribution in [3.63, 3.8) is 0 Å². The maximum Gasteiger partial charge on any atom is 0.200 e. The van der Waals surface area contributed by atoms with E-state index in [0.717, 1.165) is 6.29 Å². The summed E-state index contributed by atoms with van der Waals surface area (Å²) in [4.78, 5) is 0. The van der Waals surface area contributed by atoms with Gasteiger partial charge in [0, 0.05) is 0 Å². The summed E-state index contributed by atoms with van der Waals surface area (Å²) in [5.41, 5.74) is 0. The fraction of sp³-hybridized carbons (Fsp3) is 0.875. The topological polar surface area (TPSA) is 18.5 Å². The van der Waals surface area contributed by atoms with Crippen LogP contribution in [0.4, 0.5) is 0 Å². The molecule has 12 heavy (non-hydrogen) atoms. The molecule has 0 spiro atoms. The van der Waals surface area contributed by atoms with E-state index in [2.05, 4.69) is 39.3 Å². The molecule has 0 bridgehead atoms. The minimum Gasteiger partial charge on any atom is -0.388 e. The van der Waals surface area contributed by atoms with Crippen LogP contribution < -0.4 is 0 Å². The summed E-state index contributed by atoms with van der Waals surface area (Å²) in [5.74, 6) is 0. The Morgan fingerprint density at radius 2 is 1.00 bits per heavy atom. The third-order valence-electron chi connectivity index (χ3n) is 0.900. The fourth-order valence-corrected chi connectivity index (χ4v) is 2.77. The van der Waals surface area contributed by atoms with Gasteiger partial charge in [-0.05, 0) is 46.2 Å². The second-order valence-corrected chi connectivity index (χ2v) is 13.8. The molecule has 0 aliphatic rings. The highest BCUT2D eigenvalue weighted by molar-refractivity contribution is 6.71. The highest BCUT2D eigenvalue weighted by atomic mass is 28.4. The summed E-state index contributed by atoms with van der Waals surface area (Å²) in [7, 11) is -2.92. The molecule has 4 heteroatoms. The lowest BCUT2D eigenvalue weighted by Gasteiger charge is -2.27. The van der Waals surface area contributed by atoms with Gasteiger partial charge in [-0.3, -0.25) is 0 Å². The Hall–Kier alpha value is 0.354. The van der Waals surface area contributed by atoms with Gasteiger partial charge in [-0.1, -0.05) is 0 Å². The van der Waals surface area contributed by atoms with E-state index in [0.29, 0.717) is 0 Å². The van der Waals surface area contributed by atoms with Crippen molar-refractivity contribution in [3.8, 4) is 0 Å². The molecule has 0 atom stereocenters. The van der Waals surface area contributed by atoms with Crippen LogP contribution in [-0.2, 0) is 8.85 Å². The molecule has 0 N–H and O–H groups in total. The second kappa shape index (κ2) is 4.04. The Kier molecular flexibility index (Phi) is 4.16. The standard InChI is InChI=1S/C8H21O2Si2/c1-8(9-11(2,3)4)10-12(5,6)7/h1-7H3. The van der Waals surface area contributed by atoms with Crippen molar-refractivity contribution in [2.75, 3.05) is 0 Å². The molecule has 0 amide bonds. The summed E-state index contributed by atoms with van der Waals surface area (Å²) in [6.45, 7) is 14.9. The van der Waals surface area contributed by atoms with Crippen molar-refractivity contribution in [1.29, 1.82) is 0 Å². The van der Waals surface area contributed by atoms with Crippen LogP contribution in [0, 0.1) is 6.29 Å². The van der Waals surface area contributed by atoms with E-state index in [1.54, 1.807) is 0 Å². The highest BCUT2D eigenvalue weighted by Gasteiger charge is 2.24. The molecule has 0 unspecified atom stereocenters. The smallest absolute Gasteiger partial charge is 0.200 e. The monoisotopic (exact) mass is 205 g/mol. The van der Waals surface area contributed by atoms with Gasteiger partial charge in [0.1, 0.15) is 0 Å². The lowest BCUT2D eigenvalue weighted by molar-refractivity contribution is 0.123. The van der Waals surface area contributed by atoms with Gasteiger partial charge in [0.25, 0.3) is 0 Å². The van der Waals surface area contributed by atoms with Crippen LogP contribution in [-0.4, -0.2) is 16.6 Å². The maximum absolute atomic E-state index is 5.68. The Morgan fingerprint density at radius 3 is 1.17 bits per heavy atom. The summed E-state index contributed by atoms with van der Waals surface area (Å²) in [5, 5.41) is 0. The fourth-order valence-electron chi connectivity index (χ4n) is 0.883. The van der Waals surface area contributed by atoms with E-state index in [4.69, 9.17) is 8.85 Å². The van der Waals surface area contributed by atoms with Crippen molar-refractivity contribution >= 4 is 16.6 Å². The Balaban J connectivity index is 3.83. The zero-order chi connectivity index (χ0) is 9.99. The quantitative estimate of drug-likeness (QED) is 0.656. The van der Waals surface area contributed by atoms with Gasteiger partial charge in [0.15, 0.2) is 22.9 Å². The van der Waals surface area contributed by atoms with Crippen LogP contribution in [0.5, 0.6) is 0 Å². The summed E-state index contributed by atoms with van der Waals surface area (Å²) in [6, 6.07) is 0. The van der Waals surface area contributed by atoms with E-state index in [-0.39, 0.29) is 0 Å². The molecule has 0 fully saturated rings. The zero-order valence-corrected chi connectivity index (χ0v) is 11.3. The van der Waals surface area contributed by atoms with Gasteiger partial charge in [-0.2, -0.15) is 0 Å². The van der Waals surface area contributed by atoms with Crippen molar-refractivity contribution in [2.45, 2.75) is 46.2 Å². The van der Waals surface area contributed by atoms with E-state index in [1.165, 1.54) is 0 Å². The van der Waals surface area contributed by atoms with Crippen LogP contribution in [0.3, 0.4) is 0 Å². The van der Waals surface area contributed by atoms with Gasteiger partial charge in [0.2, 0.25) is 0 Å². The van der Waals surface area contributed by atoms with E-state index in [9.17, 15) is 0 Å². The Bertz CT molecular complexity index is 119. The molecule has 2 nitrogen and oxygen atoms in total. The van der Waals surface area contributed by atoms with E-state index in [1.807, 2.05) is 6.92 Å². The van der Waals surface area contributed by atoms with Crippen LogP contribution in [0.25, 0.3) is 0 Å². The van der Waals surface area contributed by atoms with Gasteiger partial charge in [-0.25, -0.2) is 0 Å². The molecule has 0 saturated heterocycles. The second-order valence-electron chi connectivity index (χ2n) is 4.92. The van der Waals surface area contributed by atoms with Gasteiger partial charge < -0.3 is 8.85 Å². The number of rotatable bonds is 4. The first-order valence-electron chi connectivity index (χ1n) is 4.32. The average molecular weight is 205 g/mol. The molecule has 0 aliphatic carbocycles. The Labute approximate surface area is 78.5 Å². The van der Waals surface area contributed by atoms with Crippen LogP contribution in [0.1, 0.15) is 6.92 Å². The third kappa shape index (κ3) is 8.45. The molecule has 1 radical (unpaired) electrons. The summed E-state index contributed by atoms with van der Waals surface area (Å²) >= 11 is 0. The van der Waals surface area contributed by atoms with Crippen molar-refractivity contribution in [2.24, 2.45) is 0 Å². The first-order valence-corrected chi connectivity index (χ1v) is 11.1. The molecule has 0 aromatic carbocycles. The minimum atomic E-state index is -1.46. The van der Waals surface area contributed by atoms with Crippen molar-refractivity contribution in [1.82, 2.24) is 0 Å². The van der Waals surface area contributed by atoms with Crippen LogP contribution in [0.2, 0.25) is 39.3 Å². The largest absolute Gasteiger partial charge is 0.388 e. The first kappa shape index (κ1) is 12.4. The number of hydrogen-bond acceptors (Lipinski definition) is 2. The lowest BCUT2D eigenvalue weighted by atomic mass is 10.8. The zero-order valence-electron chi connectivity index (χ0n) is 9.32. The number of hydrogen-bond donors (Lipinski definition) is 0. The molecular weight excluding hydrogens is 184 g/mol. The van der Waals surface area contributed by atoms with Gasteiger partial charge >= 0.3 is 0 Å². The highest BCUT2D eigenvalue weighted by Crippen LogP contribution is 2.18. The molecule has 73 valence electrons. The van der Waals surface area contributed by atoms with Crippen molar-refractivity contribution in [3.05, 3.63) is 6.29 Å². The Morgan fingerprint density at radius 1 is 0.750 bits per heavy atom. The van der Waals surface area contributed by atoms with E-state index < -0.39 is 16.6 Å². The molecule has 0 aliphatic heterocycles. The molecule has 0 aromatic rings. The van der Waals surface area contributed by atoms with Crippen LogP contribution >= 0.6 is 0 Å². The molecule has 0 aromatic heterocycles. The predicted octanol–water partition coefficient (Wildman–Crippen LogP) is 3.20. The molecule has 0 heterocycles. The maximum atomic E-state index is 5.68. The molecular formula is C8H21O2Si2. The summed E-state index contributed by atoms with van der Waals surface area (Å²) < 4.78 is 11.4. The average Bonchev–Trinajstić information content (AvgIpc) is 1.49. The van der Waals surface area contributed by atoms with Gasteiger partial charge in [-0.15, -0.1) is 0 Å². The van der Waals surface area contributed by atoms with Gasteiger partial charge in [0.05, 0.1) is 0 Å². The normalized spacial score (nSPS) is 14.0.